The van der Waals surface area contributed by atoms with Crippen molar-refractivity contribution in [1.29, 1.82) is 0 Å². The Balaban J connectivity index is 1.28. The van der Waals surface area contributed by atoms with Crippen LogP contribution in [-0.2, 0) is 9.53 Å². The first-order valence-electron chi connectivity index (χ1n) is 13.6. The summed E-state index contributed by atoms with van der Waals surface area (Å²) in [5.74, 6) is -0.108. The Hall–Kier alpha value is -3.30. The van der Waals surface area contributed by atoms with Crippen LogP contribution in [0.2, 0.25) is 5.02 Å². The van der Waals surface area contributed by atoms with Crippen LogP contribution in [0.4, 0.5) is 4.79 Å². The summed E-state index contributed by atoms with van der Waals surface area (Å²) in [5, 5.41) is 0.501. The molecule has 2 aliphatic heterocycles. The van der Waals surface area contributed by atoms with Gasteiger partial charge in [-0.1, -0.05) is 41.9 Å². The van der Waals surface area contributed by atoms with E-state index in [1.54, 1.807) is 23.1 Å². The lowest BCUT2D eigenvalue weighted by molar-refractivity contribution is -0.135. The van der Waals surface area contributed by atoms with E-state index in [0.717, 1.165) is 31.5 Å². The summed E-state index contributed by atoms with van der Waals surface area (Å²) in [5.41, 5.74) is 1.15. The molecular weight excluding hydrogens is 518 g/mol. The van der Waals surface area contributed by atoms with E-state index in [4.69, 9.17) is 16.3 Å². The molecule has 39 heavy (non-hydrogen) atoms. The van der Waals surface area contributed by atoms with Gasteiger partial charge in [0.25, 0.3) is 5.91 Å². The maximum absolute atomic E-state index is 14.0. The van der Waals surface area contributed by atoms with E-state index in [9.17, 15) is 14.4 Å². The molecule has 0 saturated carbocycles. The van der Waals surface area contributed by atoms with Crippen LogP contribution in [0.3, 0.4) is 0 Å². The lowest BCUT2D eigenvalue weighted by atomic mass is 10.0. The van der Waals surface area contributed by atoms with Gasteiger partial charge in [0.2, 0.25) is 0 Å². The number of likely N-dealkylation sites (tertiary alicyclic amines) is 1. The van der Waals surface area contributed by atoms with Crippen molar-refractivity contribution >= 4 is 34.6 Å². The average molecular weight is 554 g/mol. The summed E-state index contributed by atoms with van der Waals surface area (Å²) in [6.07, 6.45) is 1.51. The minimum atomic E-state index is -0.797. The van der Waals surface area contributed by atoms with Gasteiger partial charge < -0.3 is 19.5 Å². The molecule has 9 nitrogen and oxygen atoms in total. The van der Waals surface area contributed by atoms with E-state index < -0.39 is 11.6 Å². The van der Waals surface area contributed by atoms with Gasteiger partial charge in [-0.25, -0.2) is 9.59 Å². The van der Waals surface area contributed by atoms with Gasteiger partial charge in [0.1, 0.15) is 11.6 Å². The molecule has 10 heteroatoms. The van der Waals surface area contributed by atoms with E-state index >= 15 is 0 Å². The minimum Gasteiger partial charge on any atom is -0.444 e. The minimum absolute atomic E-state index is 0.108. The largest absolute Gasteiger partial charge is 0.444 e. The first kappa shape index (κ1) is 27.3. The Kier molecular flexibility index (Phi) is 7.73. The standard InChI is InChI=1S/C29H36ClN5O4/c1-29(2,3)39-28(38)34-13-11-22(12-14-34)32-15-17-33(18-16-32)26(36)25(20-7-5-4-6-8-20)35-24-19-21(30)9-10-23(24)31-27(35)37/h4-10,19,22,25H,11-18H2,1-3H3,(H,31,37). The maximum Gasteiger partial charge on any atom is 0.410 e. The van der Waals surface area contributed by atoms with Crippen LogP contribution < -0.4 is 5.69 Å². The number of H-pyrrole nitrogens is 1. The number of imidazole rings is 1. The first-order valence-corrected chi connectivity index (χ1v) is 13.9. The number of nitrogens with zero attached hydrogens (tertiary/aromatic N) is 4. The summed E-state index contributed by atoms with van der Waals surface area (Å²) in [6, 6.07) is 14.2. The number of fused-ring (bicyclic) bond motifs is 1. The van der Waals surface area contributed by atoms with Gasteiger partial charge in [0.15, 0.2) is 0 Å². The van der Waals surface area contributed by atoms with Gasteiger partial charge in [0, 0.05) is 50.3 Å². The van der Waals surface area contributed by atoms with Gasteiger partial charge in [-0.05, 0) is 57.4 Å². The van der Waals surface area contributed by atoms with Crippen molar-refractivity contribution in [2.75, 3.05) is 39.3 Å². The number of rotatable bonds is 4. The lowest BCUT2D eigenvalue weighted by Crippen LogP contribution is -2.56. The molecule has 2 saturated heterocycles. The third-order valence-corrected chi connectivity index (χ3v) is 7.78. The maximum atomic E-state index is 14.0. The van der Waals surface area contributed by atoms with E-state index in [-0.39, 0.29) is 17.7 Å². The third-order valence-electron chi connectivity index (χ3n) is 7.55. The molecule has 2 amide bonds. The molecule has 2 aromatic carbocycles. The number of piperazine rings is 1. The molecule has 0 aliphatic carbocycles. The van der Waals surface area contributed by atoms with Crippen LogP contribution in [0, 0.1) is 0 Å². The summed E-state index contributed by atoms with van der Waals surface area (Å²) in [7, 11) is 0. The number of aromatic nitrogens is 2. The highest BCUT2D eigenvalue weighted by Crippen LogP contribution is 2.27. The second-order valence-electron chi connectivity index (χ2n) is 11.3. The number of aromatic amines is 1. The quantitative estimate of drug-likeness (QED) is 0.525. The number of nitrogens with one attached hydrogen (secondary N) is 1. The van der Waals surface area contributed by atoms with E-state index in [1.807, 2.05) is 56.0 Å². The number of piperidine rings is 1. The fourth-order valence-corrected chi connectivity index (χ4v) is 5.78. The number of hydrogen-bond acceptors (Lipinski definition) is 5. The van der Waals surface area contributed by atoms with Crippen molar-refractivity contribution in [3.63, 3.8) is 0 Å². The highest BCUT2D eigenvalue weighted by Gasteiger charge is 2.35. The van der Waals surface area contributed by atoms with Crippen molar-refractivity contribution in [2.45, 2.75) is 51.3 Å². The summed E-state index contributed by atoms with van der Waals surface area (Å²) < 4.78 is 7.05. The van der Waals surface area contributed by atoms with E-state index in [0.29, 0.717) is 48.3 Å². The van der Waals surface area contributed by atoms with Crippen LogP contribution in [0.5, 0.6) is 0 Å². The van der Waals surface area contributed by atoms with Crippen LogP contribution in [0.15, 0.2) is 53.3 Å². The molecule has 208 valence electrons. The topological polar surface area (TPSA) is 90.9 Å². The zero-order valence-corrected chi connectivity index (χ0v) is 23.5. The SMILES string of the molecule is CC(C)(C)OC(=O)N1CCC(N2CCN(C(=O)C(c3ccccc3)n3c(=O)[nH]c4ccc(Cl)cc43)CC2)CC1. The van der Waals surface area contributed by atoms with Crippen LogP contribution in [-0.4, -0.2) is 87.2 Å². The molecule has 0 radical (unpaired) electrons. The van der Waals surface area contributed by atoms with Gasteiger partial charge in [0.05, 0.1) is 11.0 Å². The van der Waals surface area contributed by atoms with Crippen molar-refractivity contribution in [3.05, 3.63) is 69.6 Å². The first-order chi connectivity index (χ1) is 18.6. The molecule has 0 spiro atoms. The molecule has 2 fully saturated rings. The summed E-state index contributed by atoms with van der Waals surface area (Å²) in [4.78, 5) is 48.5. The molecular formula is C29H36ClN5O4. The molecule has 5 rings (SSSR count). The van der Waals surface area contributed by atoms with Gasteiger partial charge in [-0.15, -0.1) is 0 Å². The smallest absolute Gasteiger partial charge is 0.410 e. The Morgan fingerprint density at radius 2 is 1.62 bits per heavy atom. The predicted molar refractivity (Wildman–Crippen MR) is 151 cm³/mol. The predicted octanol–water partition coefficient (Wildman–Crippen LogP) is 4.12. The van der Waals surface area contributed by atoms with E-state index in [2.05, 4.69) is 9.88 Å². The van der Waals surface area contributed by atoms with E-state index in [1.165, 1.54) is 4.57 Å². The van der Waals surface area contributed by atoms with Gasteiger partial charge in [-0.2, -0.15) is 0 Å². The van der Waals surface area contributed by atoms with Crippen LogP contribution in [0.1, 0.15) is 45.2 Å². The number of hydrogen-bond donors (Lipinski definition) is 1. The molecule has 1 N–H and O–H groups in total. The van der Waals surface area contributed by atoms with Crippen molar-refractivity contribution in [3.8, 4) is 0 Å². The Labute approximate surface area is 233 Å². The molecule has 3 aromatic rings. The fraction of sp³-hybridized carbons (Fsp3) is 0.483. The summed E-state index contributed by atoms with van der Waals surface area (Å²) in [6.45, 7) is 9.62. The monoisotopic (exact) mass is 553 g/mol. The summed E-state index contributed by atoms with van der Waals surface area (Å²) >= 11 is 6.26. The number of amides is 2. The molecule has 2 aliphatic rings. The molecule has 0 bridgehead atoms. The Bertz CT molecular complexity index is 1380. The number of halogens is 1. The number of carbonyl (C=O) groups is 2. The zero-order chi connectivity index (χ0) is 27.7. The average Bonchev–Trinajstić information content (AvgIpc) is 3.23. The Morgan fingerprint density at radius 3 is 2.26 bits per heavy atom. The molecule has 1 atom stereocenters. The normalized spacial score (nSPS) is 18.4. The second kappa shape index (κ2) is 11.1. The number of benzene rings is 2. The van der Waals surface area contributed by atoms with Gasteiger partial charge in [-0.3, -0.25) is 14.3 Å². The van der Waals surface area contributed by atoms with Crippen LogP contribution in [0.25, 0.3) is 11.0 Å². The molecule has 3 heterocycles. The third kappa shape index (κ3) is 5.99. The zero-order valence-electron chi connectivity index (χ0n) is 22.7. The van der Waals surface area contributed by atoms with Crippen molar-refractivity contribution in [2.24, 2.45) is 0 Å². The Morgan fingerprint density at radius 1 is 0.949 bits per heavy atom. The second-order valence-corrected chi connectivity index (χ2v) is 11.8. The van der Waals surface area contributed by atoms with Crippen molar-refractivity contribution < 1.29 is 14.3 Å². The fourth-order valence-electron chi connectivity index (χ4n) is 5.61. The highest BCUT2D eigenvalue weighted by molar-refractivity contribution is 6.31. The highest BCUT2D eigenvalue weighted by atomic mass is 35.5. The lowest BCUT2D eigenvalue weighted by Gasteiger charge is -2.43. The molecule has 1 unspecified atom stereocenters. The van der Waals surface area contributed by atoms with Crippen molar-refractivity contribution in [1.82, 2.24) is 24.3 Å². The molecule has 1 aromatic heterocycles. The number of ether oxygens (including phenoxy) is 1. The number of carbonyl (C=O) groups excluding carboxylic acids is 2. The van der Waals surface area contributed by atoms with Gasteiger partial charge >= 0.3 is 11.8 Å². The van der Waals surface area contributed by atoms with Crippen LogP contribution >= 0.6 is 11.6 Å².